The van der Waals surface area contributed by atoms with E-state index in [-0.39, 0.29) is 12.6 Å². The van der Waals surface area contributed by atoms with E-state index in [4.69, 9.17) is 14.0 Å². The van der Waals surface area contributed by atoms with Crippen LogP contribution in [0.4, 0.5) is 0 Å². The van der Waals surface area contributed by atoms with Gasteiger partial charge in [-0.25, -0.2) is 0 Å². The fraction of sp³-hybridized carbons (Fsp3) is 0.550. The van der Waals surface area contributed by atoms with E-state index in [1.54, 1.807) is 18.2 Å². The molecule has 29 heavy (non-hydrogen) atoms. The van der Waals surface area contributed by atoms with E-state index < -0.39 is 10.3 Å². The molecule has 9 heteroatoms. The topological polar surface area (TPSA) is 105 Å². The number of amides is 1. The van der Waals surface area contributed by atoms with Crippen LogP contribution in [0.3, 0.4) is 0 Å². The molecule has 0 saturated carbocycles. The van der Waals surface area contributed by atoms with Crippen molar-refractivity contribution < 1.29 is 27.2 Å². The zero-order chi connectivity index (χ0) is 21.9. The number of nitrogens with one attached hydrogen (secondary N) is 1. The highest BCUT2D eigenvalue weighted by Gasteiger charge is 2.15. The molecule has 0 aromatic heterocycles. The van der Waals surface area contributed by atoms with Crippen LogP contribution in [0.15, 0.2) is 30.4 Å². The largest absolute Gasteiger partial charge is 0.493 e. The number of methoxy groups -OCH3 is 1. The summed E-state index contributed by atoms with van der Waals surface area (Å²) in [5.74, 6) is 1.27. The third kappa shape index (κ3) is 10.3. The third-order valence-corrected chi connectivity index (χ3v) is 4.95. The number of allylic oxidation sites excluding steroid dienone is 2. The van der Waals surface area contributed by atoms with Crippen molar-refractivity contribution in [3.8, 4) is 11.5 Å². The highest BCUT2D eigenvalue weighted by molar-refractivity contribution is 7.83. The van der Waals surface area contributed by atoms with Gasteiger partial charge in [0.2, 0.25) is 5.91 Å². The first-order chi connectivity index (χ1) is 13.6. The van der Waals surface area contributed by atoms with Gasteiger partial charge in [-0.3, -0.25) is 9.35 Å². The second-order valence-corrected chi connectivity index (χ2v) is 8.55. The Morgan fingerprint density at radius 3 is 2.62 bits per heavy atom. The summed E-state index contributed by atoms with van der Waals surface area (Å²) in [5.41, 5.74) is 0.825. The Morgan fingerprint density at radius 2 is 2.00 bits per heavy atom. The van der Waals surface area contributed by atoms with Gasteiger partial charge in [0.1, 0.15) is 0 Å². The Morgan fingerprint density at radius 1 is 1.28 bits per heavy atom. The normalized spacial score (nSPS) is 12.0. The average Bonchev–Trinajstić information content (AvgIpc) is 2.66. The molecule has 0 saturated heterocycles. The third-order valence-electron chi connectivity index (χ3n) is 4.06. The molecule has 1 rings (SSSR count). The SMILES string of the molecule is COc1cc(CNC(=O)CCCC/C=C/C(C)C)ccc1OCN(C)S(=O)(=O)O. The van der Waals surface area contributed by atoms with E-state index >= 15 is 0 Å². The summed E-state index contributed by atoms with van der Waals surface area (Å²) < 4.78 is 42.2. The van der Waals surface area contributed by atoms with Crippen LogP contribution in [0, 0.1) is 5.92 Å². The molecule has 0 spiro atoms. The smallest absolute Gasteiger partial charge is 0.338 e. The van der Waals surface area contributed by atoms with Crippen molar-refractivity contribution in [2.45, 2.75) is 46.1 Å². The number of rotatable bonds is 13. The molecular formula is C20H32N2O6S. The zero-order valence-corrected chi connectivity index (χ0v) is 18.4. The minimum absolute atomic E-state index is 0.00749. The van der Waals surface area contributed by atoms with Crippen LogP contribution in [0.5, 0.6) is 11.5 Å². The van der Waals surface area contributed by atoms with Gasteiger partial charge < -0.3 is 14.8 Å². The van der Waals surface area contributed by atoms with Crippen LogP contribution in [-0.2, 0) is 21.6 Å². The predicted molar refractivity (Wildman–Crippen MR) is 112 cm³/mol. The van der Waals surface area contributed by atoms with E-state index in [1.807, 2.05) is 0 Å². The molecule has 0 bridgehead atoms. The Hall–Kier alpha value is -2.10. The molecule has 0 atom stereocenters. The summed E-state index contributed by atoms with van der Waals surface area (Å²) in [5, 5.41) is 2.88. The quantitative estimate of drug-likeness (QED) is 0.216. The number of hydrogen-bond donors (Lipinski definition) is 2. The molecule has 1 amide bonds. The van der Waals surface area contributed by atoms with Gasteiger partial charge >= 0.3 is 10.3 Å². The van der Waals surface area contributed by atoms with Gasteiger partial charge in [-0.15, -0.1) is 4.31 Å². The Balaban J connectivity index is 2.45. The minimum atomic E-state index is -4.32. The molecule has 1 aromatic rings. The highest BCUT2D eigenvalue weighted by Crippen LogP contribution is 2.28. The number of nitrogens with zero attached hydrogens (tertiary/aromatic N) is 1. The fourth-order valence-electron chi connectivity index (χ4n) is 2.37. The lowest BCUT2D eigenvalue weighted by Gasteiger charge is -2.16. The predicted octanol–water partition coefficient (Wildman–Crippen LogP) is 3.15. The van der Waals surface area contributed by atoms with Crippen molar-refractivity contribution in [2.75, 3.05) is 20.9 Å². The van der Waals surface area contributed by atoms with Crippen molar-refractivity contribution in [3.05, 3.63) is 35.9 Å². The number of hydrogen-bond acceptors (Lipinski definition) is 5. The number of benzene rings is 1. The number of unbranched alkanes of at least 4 members (excludes halogenated alkanes) is 2. The van der Waals surface area contributed by atoms with Gasteiger partial charge in [-0.2, -0.15) is 8.42 Å². The Labute approximate surface area is 173 Å². The summed E-state index contributed by atoms with van der Waals surface area (Å²) in [4.78, 5) is 12.0. The Kier molecular flexibility index (Phi) is 10.7. The maximum absolute atomic E-state index is 12.0. The first-order valence-corrected chi connectivity index (χ1v) is 10.9. The van der Waals surface area contributed by atoms with Crippen LogP contribution in [-0.4, -0.2) is 44.1 Å². The summed E-state index contributed by atoms with van der Waals surface area (Å²) in [6, 6.07) is 5.08. The molecule has 1 aromatic carbocycles. The molecule has 0 unspecified atom stereocenters. The molecular weight excluding hydrogens is 396 g/mol. The molecule has 0 heterocycles. The fourth-order valence-corrected chi connectivity index (χ4v) is 2.56. The van der Waals surface area contributed by atoms with Crippen molar-refractivity contribution in [2.24, 2.45) is 5.92 Å². The van der Waals surface area contributed by atoms with Crippen molar-refractivity contribution in [3.63, 3.8) is 0 Å². The molecule has 0 aliphatic heterocycles. The van der Waals surface area contributed by atoms with Gasteiger partial charge in [0.15, 0.2) is 18.2 Å². The van der Waals surface area contributed by atoms with Crippen LogP contribution in [0.2, 0.25) is 0 Å². The summed E-state index contributed by atoms with van der Waals surface area (Å²) in [6.07, 6.45) is 7.61. The van der Waals surface area contributed by atoms with E-state index in [0.717, 1.165) is 24.8 Å². The Bertz CT molecular complexity index is 777. The molecule has 2 N–H and O–H groups in total. The van der Waals surface area contributed by atoms with Gasteiger partial charge in [0, 0.05) is 20.0 Å². The van der Waals surface area contributed by atoms with Crippen molar-refractivity contribution >= 4 is 16.2 Å². The van der Waals surface area contributed by atoms with Gasteiger partial charge in [0.25, 0.3) is 0 Å². The highest BCUT2D eigenvalue weighted by atomic mass is 32.2. The second kappa shape index (κ2) is 12.5. The van der Waals surface area contributed by atoms with Gasteiger partial charge in [-0.05, 0) is 42.9 Å². The maximum atomic E-state index is 12.0. The maximum Gasteiger partial charge on any atom is 0.338 e. The lowest BCUT2D eigenvalue weighted by atomic mass is 10.1. The second-order valence-electron chi connectivity index (χ2n) is 7.03. The molecule has 0 fully saturated rings. The van der Waals surface area contributed by atoms with Gasteiger partial charge in [0.05, 0.1) is 7.11 Å². The number of carbonyl (C=O) groups excluding carboxylic acids is 1. The number of carbonyl (C=O) groups is 1. The van der Waals surface area contributed by atoms with Crippen LogP contribution >= 0.6 is 0 Å². The zero-order valence-electron chi connectivity index (χ0n) is 17.6. The first-order valence-electron chi connectivity index (χ1n) is 9.55. The first kappa shape index (κ1) is 24.9. The van der Waals surface area contributed by atoms with Crippen LogP contribution in [0.1, 0.15) is 45.1 Å². The van der Waals surface area contributed by atoms with E-state index in [1.165, 1.54) is 14.2 Å². The van der Waals surface area contributed by atoms with E-state index in [9.17, 15) is 13.2 Å². The summed E-state index contributed by atoms with van der Waals surface area (Å²) in [6.45, 7) is 4.26. The monoisotopic (exact) mass is 428 g/mol. The molecule has 0 aliphatic rings. The average molecular weight is 429 g/mol. The molecule has 0 radical (unpaired) electrons. The van der Waals surface area contributed by atoms with Crippen LogP contribution < -0.4 is 14.8 Å². The van der Waals surface area contributed by atoms with Crippen molar-refractivity contribution in [1.82, 2.24) is 9.62 Å². The van der Waals surface area contributed by atoms with Crippen LogP contribution in [0.25, 0.3) is 0 Å². The standard InChI is InChI=1S/C20H32N2O6S/c1-16(2)9-7-5-6-8-10-20(23)21-14-17-11-12-18(19(13-17)27-4)28-15-22(3)29(24,25)26/h7,9,11-13,16H,5-6,8,10,14-15H2,1-4H3,(H,21,23)(H,24,25,26)/b9-7+. The van der Waals surface area contributed by atoms with Gasteiger partial charge in [-0.1, -0.05) is 32.1 Å². The summed E-state index contributed by atoms with van der Waals surface area (Å²) >= 11 is 0. The lowest BCUT2D eigenvalue weighted by molar-refractivity contribution is -0.121. The summed E-state index contributed by atoms with van der Waals surface area (Å²) in [7, 11) is -1.67. The number of ether oxygens (including phenoxy) is 2. The molecule has 164 valence electrons. The van der Waals surface area contributed by atoms with E-state index in [0.29, 0.717) is 34.7 Å². The van der Waals surface area contributed by atoms with Crippen molar-refractivity contribution in [1.29, 1.82) is 0 Å². The minimum Gasteiger partial charge on any atom is -0.493 e. The molecule has 0 aliphatic carbocycles. The lowest BCUT2D eigenvalue weighted by Crippen LogP contribution is -2.30. The van der Waals surface area contributed by atoms with E-state index in [2.05, 4.69) is 31.3 Å². The molecule has 8 nitrogen and oxygen atoms in total.